The number of ether oxygens (including phenoxy) is 2. The summed E-state index contributed by atoms with van der Waals surface area (Å²) in [5.41, 5.74) is 3.31. The van der Waals surface area contributed by atoms with Gasteiger partial charge in [0.2, 0.25) is 5.91 Å². The van der Waals surface area contributed by atoms with Crippen molar-refractivity contribution in [3.05, 3.63) is 59.7 Å². The number of fused-ring (bicyclic) bond motifs is 3. The summed E-state index contributed by atoms with van der Waals surface area (Å²) in [6.45, 7) is 3.81. The Hall–Kier alpha value is -3.39. The highest BCUT2D eigenvalue weighted by Crippen LogP contribution is 2.44. The number of nitrogens with one attached hydrogen (secondary N) is 2. The minimum absolute atomic E-state index is 0.0175. The number of aliphatic carboxylic acids is 1. The standard InChI is InChI=1S/C26H30N2O6/c1-3-26(2,24(30)31)28-23(29)16-12-17(33-14-16)13-27-25(32)34-15-22-20-10-6-4-8-18(20)19-9-5-7-11-21(19)22/h4-11,16-17,22H,3,12-15H2,1-2H3,(H,27,32)(H,28,29)(H,30,31)/t16-,17-,26?/m0/s1. The van der Waals surface area contributed by atoms with Crippen LogP contribution in [-0.2, 0) is 19.1 Å². The molecule has 8 nitrogen and oxygen atoms in total. The number of hydrogen-bond donors (Lipinski definition) is 3. The van der Waals surface area contributed by atoms with Crippen molar-refractivity contribution in [2.45, 2.75) is 44.2 Å². The van der Waals surface area contributed by atoms with Crippen LogP contribution in [0.15, 0.2) is 48.5 Å². The predicted octanol–water partition coefficient (Wildman–Crippen LogP) is 3.30. The molecule has 1 heterocycles. The van der Waals surface area contributed by atoms with Crippen molar-refractivity contribution in [3.63, 3.8) is 0 Å². The molecule has 0 aromatic heterocycles. The number of amides is 2. The van der Waals surface area contributed by atoms with E-state index in [2.05, 4.69) is 34.9 Å². The van der Waals surface area contributed by atoms with Crippen LogP contribution in [-0.4, -0.2) is 54.5 Å². The fraction of sp³-hybridized carbons (Fsp3) is 0.423. The Kier molecular flexibility index (Phi) is 6.88. The van der Waals surface area contributed by atoms with Crippen LogP contribution in [0.2, 0.25) is 0 Å². The monoisotopic (exact) mass is 466 g/mol. The molecule has 1 aliphatic carbocycles. The van der Waals surface area contributed by atoms with E-state index in [-0.39, 0.29) is 44.1 Å². The van der Waals surface area contributed by atoms with Crippen LogP contribution in [0.25, 0.3) is 11.1 Å². The number of rotatable bonds is 8. The molecule has 3 N–H and O–H groups in total. The molecule has 0 radical (unpaired) electrons. The molecule has 2 aliphatic rings. The van der Waals surface area contributed by atoms with Crippen molar-refractivity contribution in [1.29, 1.82) is 0 Å². The highest BCUT2D eigenvalue weighted by molar-refractivity contribution is 5.88. The Balaban J connectivity index is 1.26. The fourth-order valence-electron chi connectivity index (χ4n) is 4.54. The van der Waals surface area contributed by atoms with E-state index in [4.69, 9.17) is 9.47 Å². The fourth-order valence-corrected chi connectivity index (χ4v) is 4.54. The van der Waals surface area contributed by atoms with Crippen molar-refractivity contribution in [2.24, 2.45) is 5.92 Å². The quantitative estimate of drug-likeness (QED) is 0.550. The number of alkyl carbamates (subject to hydrolysis) is 1. The summed E-state index contributed by atoms with van der Waals surface area (Å²) in [4.78, 5) is 36.3. The number of benzene rings is 2. The largest absolute Gasteiger partial charge is 0.480 e. The molecule has 0 saturated carbocycles. The van der Waals surface area contributed by atoms with E-state index in [0.29, 0.717) is 6.42 Å². The molecule has 34 heavy (non-hydrogen) atoms. The maximum Gasteiger partial charge on any atom is 0.407 e. The van der Waals surface area contributed by atoms with Gasteiger partial charge in [-0.1, -0.05) is 55.5 Å². The molecule has 1 unspecified atom stereocenters. The Morgan fingerprint density at radius 2 is 1.71 bits per heavy atom. The lowest BCUT2D eigenvalue weighted by molar-refractivity contribution is -0.147. The zero-order valence-electron chi connectivity index (χ0n) is 19.4. The van der Waals surface area contributed by atoms with E-state index < -0.39 is 23.5 Å². The normalized spacial score (nSPS) is 20.6. The van der Waals surface area contributed by atoms with Crippen LogP contribution < -0.4 is 10.6 Å². The third kappa shape index (κ3) is 4.77. The Morgan fingerprint density at radius 3 is 2.29 bits per heavy atom. The summed E-state index contributed by atoms with van der Waals surface area (Å²) in [5, 5.41) is 14.7. The van der Waals surface area contributed by atoms with E-state index >= 15 is 0 Å². The van der Waals surface area contributed by atoms with E-state index in [1.54, 1.807) is 6.92 Å². The highest BCUT2D eigenvalue weighted by Gasteiger charge is 2.38. The van der Waals surface area contributed by atoms with Crippen molar-refractivity contribution in [1.82, 2.24) is 10.6 Å². The second-order valence-electron chi connectivity index (χ2n) is 9.07. The Morgan fingerprint density at radius 1 is 1.09 bits per heavy atom. The van der Waals surface area contributed by atoms with Gasteiger partial charge < -0.3 is 25.2 Å². The first-order chi connectivity index (χ1) is 16.3. The van der Waals surface area contributed by atoms with Crippen LogP contribution in [0, 0.1) is 5.92 Å². The average Bonchev–Trinajstić information content (AvgIpc) is 3.44. The predicted molar refractivity (Wildman–Crippen MR) is 125 cm³/mol. The first-order valence-corrected chi connectivity index (χ1v) is 11.6. The van der Waals surface area contributed by atoms with Crippen molar-refractivity contribution in [3.8, 4) is 11.1 Å². The molecule has 2 aromatic rings. The van der Waals surface area contributed by atoms with Crippen LogP contribution >= 0.6 is 0 Å². The smallest absolute Gasteiger partial charge is 0.407 e. The lowest BCUT2D eigenvalue weighted by atomic mass is 9.96. The summed E-state index contributed by atoms with van der Waals surface area (Å²) in [7, 11) is 0. The van der Waals surface area contributed by atoms with Gasteiger partial charge in [-0.25, -0.2) is 9.59 Å². The summed E-state index contributed by atoms with van der Waals surface area (Å²) >= 11 is 0. The second kappa shape index (κ2) is 9.85. The third-order valence-corrected chi connectivity index (χ3v) is 6.85. The van der Waals surface area contributed by atoms with Crippen LogP contribution in [0.1, 0.15) is 43.7 Å². The Bertz CT molecular complexity index is 1040. The van der Waals surface area contributed by atoms with Gasteiger partial charge in [-0.2, -0.15) is 0 Å². The van der Waals surface area contributed by atoms with E-state index in [9.17, 15) is 19.5 Å². The first kappa shape index (κ1) is 23.8. The minimum Gasteiger partial charge on any atom is -0.480 e. The summed E-state index contributed by atoms with van der Waals surface area (Å²) in [6.07, 6.45) is -0.208. The highest BCUT2D eigenvalue weighted by atomic mass is 16.5. The molecule has 180 valence electrons. The van der Waals surface area contributed by atoms with Gasteiger partial charge in [-0.15, -0.1) is 0 Å². The number of carboxylic acid groups (broad SMARTS) is 1. The lowest BCUT2D eigenvalue weighted by Crippen LogP contribution is -2.53. The van der Waals surface area contributed by atoms with E-state index in [1.165, 1.54) is 6.92 Å². The van der Waals surface area contributed by atoms with Gasteiger partial charge in [-0.05, 0) is 42.0 Å². The van der Waals surface area contributed by atoms with Crippen molar-refractivity contribution < 1.29 is 29.0 Å². The lowest BCUT2D eigenvalue weighted by Gasteiger charge is -2.26. The summed E-state index contributed by atoms with van der Waals surface area (Å²) < 4.78 is 11.2. The van der Waals surface area contributed by atoms with Gasteiger partial charge in [0, 0.05) is 12.5 Å². The average molecular weight is 467 g/mol. The molecule has 1 aliphatic heterocycles. The van der Waals surface area contributed by atoms with Gasteiger partial charge in [0.05, 0.1) is 18.6 Å². The van der Waals surface area contributed by atoms with Crippen molar-refractivity contribution in [2.75, 3.05) is 19.8 Å². The molecule has 1 saturated heterocycles. The zero-order chi connectivity index (χ0) is 24.3. The molecule has 0 spiro atoms. The summed E-state index contributed by atoms with van der Waals surface area (Å²) in [5.74, 6) is -1.90. The molecule has 3 atom stereocenters. The van der Waals surface area contributed by atoms with Gasteiger partial charge in [0.25, 0.3) is 0 Å². The maximum atomic E-state index is 12.5. The van der Waals surface area contributed by atoms with Gasteiger partial charge >= 0.3 is 12.1 Å². The van der Waals surface area contributed by atoms with E-state index in [0.717, 1.165) is 22.3 Å². The Labute approximate surface area is 198 Å². The molecule has 8 heteroatoms. The molecule has 2 amide bonds. The zero-order valence-corrected chi connectivity index (χ0v) is 19.4. The molecule has 0 bridgehead atoms. The molecule has 2 aromatic carbocycles. The van der Waals surface area contributed by atoms with Crippen molar-refractivity contribution >= 4 is 18.0 Å². The van der Waals surface area contributed by atoms with Gasteiger partial charge in [-0.3, -0.25) is 4.79 Å². The second-order valence-corrected chi connectivity index (χ2v) is 9.07. The molecule has 1 fully saturated rings. The molecular formula is C26H30N2O6. The minimum atomic E-state index is -1.31. The molecule has 4 rings (SSSR count). The number of carbonyl (C=O) groups is 3. The van der Waals surface area contributed by atoms with Crippen LogP contribution in [0.3, 0.4) is 0 Å². The number of hydrogen-bond acceptors (Lipinski definition) is 5. The molecular weight excluding hydrogens is 436 g/mol. The number of carbonyl (C=O) groups excluding carboxylic acids is 2. The van der Waals surface area contributed by atoms with Gasteiger partial charge in [0.1, 0.15) is 12.1 Å². The topological polar surface area (TPSA) is 114 Å². The third-order valence-electron chi connectivity index (χ3n) is 6.85. The van der Waals surface area contributed by atoms with Crippen LogP contribution in [0.5, 0.6) is 0 Å². The van der Waals surface area contributed by atoms with Crippen LogP contribution in [0.4, 0.5) is 4.79 Å². The SMILES string of the molecule is CCC(C)(NC(=O)[C@@H]1CO[C@H](CNC(=O)OCC2c3ccccc3-c3ccccc32)C1)C(=O)O. The van der Waals surface area contributed by atoms with E-state index in [1.807, 2.05) is 24.3 Å². The first-order valence-electron chi connectivity index (χ1n) is 11.6. The van der Waals surface area contributed by atoms with Gasteiger partial charge in [0.15, 0.2) is 0 Å². The number of carboxylic acids is 1. The summed E-state index contributed by atoms with van der Waals surface area (Å²) in [6, 6.07) is 16.3. The maximum absolute atomic E-state index is 12.5.